The normalized spacial score (nSPS) is 56.5. The monoisotopic (exact) mass is 650 g/mol. The quantitative estimate of drug-likeness (QED) is 0.132. The van der Waals surface area contributed by atoms with Gasteiger partial charge in [0.25, 0.3) is 0 Å². The molecule has 0 spiro atoms. The second kappa shape index (κ2) is 11.3. The second-order valence-electron chi connectivity index (χ2n) is 17.9. The summed E-state index contributed by atoms with van der Waals surface area (Å²) in [6, 6.07) is 0. The molecule has 10 heteroatoms. The summed E-state index contributed by atoms with van der Waals surface area (Å²) in [6.07, 6.45) is -0.866. The van der Waals surface area contributed by atoms with Gasteiger partial charge in [0.05, 0.1) is 36.9 Å². The third-order valence-corrected chi connectivity index (χ3v) is 15.2. The Hall–Kier alpha value is -0.950. The number of allylic oxidation sites excluding steroid dienone is 2. The number of aldehydes is 1. The number of fused-ring (bicyclic) bond motifs is 7. The van der Waals surface area contributed by atoms with Gasteiger partial charge in [0.2, 0.25) is 0 Å². The van der Waals surface area contributed by atoms with Crippen LogP contribution in [0.5, 0.6) is 0 Å². The molecule has 16 unspecified atom stereocenters. The van der Waals surface area contributed by atoms with Crippen molar-refractivity contribution in [2.75, 3.05) is 13.2 Å². The molecule has 0 bridgehead atoms. The third kappa shape index (κ3) is 4.57. The van der Waals surface area contributed by atoms with Gasteiger partial charge in [-0.2, -0.15) is 0 Å². The van der Waals surface area contributed by atoms with E-state index in [1.54, 1.807) is 0 Å². The molecule has 0 aromatic carbocycles. The molecule has 262 valence electrons. The lowest BCUT2D eigenvalue weighted by atomic mass is 9.33. The molecule has 46 heavy (non-hydrogen) atoms. The van der Waals surface area contributed by atoms with E-state index >= 15 is 0 Å². The Morgan fingerprint density at radius 2 is 1.59 bits per heavy atom. The highest BCUT2D eigenvalue weighted by atomic mass is 16.7. The molecular weight excluding hydrogens is 592 g/mol. The van der Waals surface area contributed by atoms with Crippen molar-refractivity contribution in [3.63, 3.8) is 0 Å². The average Bonchev–Trinajstić information content (AvgIpc) is 2.99. The predicted molar refractivity (Wildman–Crippen MR) is 168 cm³/mol. The number of carbonyl (C=O) groups excluding carboxylic acids is 1. The zero-order valence-electron chi connectivity index (χ0n) is 28.4. The van der Waals surface area contributed by atoms with E-state index in [1.165, 1.54) is 5.57 Å². The van der Waals surface area contributed by atoms with Gasteiger partial charge in [-0.15, -0.1) is 0 Å². The minimum Gasteiger partial charge on any atom is -0.396 e. The molecule has 6 rings (SSSR count). The molecule has 7 N–H and O–H groups in total. The Bertz CT molecular complexity index is 1220. The largest absolute Gasteiger partial charge is 0.396 e. The summed E-state index contributed by atoms with van der Waals surface area (Å²) in [7, 11) is 0. The van der Waals surface area contributed by atoms with Gasteiger partial charge in [-0.1, -0.05) is 53.2 Å². The topological polar surface area (TPSA) is 177 Å². The van der Waals surface area contributed by atoms with Crippen molar-refractivity contribution in [1.82, 2.24) is 0 Å². The number of rotatable bonds is 5. The van der Waals surface area contributed by atoms with Crippen LogP contribution in [0.25, 0.3) is 0 Å². The standard InChI is InChI=1S/C36H58O10/c1-31(2)11-12-36(18-39)20(13-31)19-7-8-24-32(3)14-21(40)29(46-30-28(44)27(43)26(42)22(16-37)45-30)33(4,17-38)23(32)9-10-34(24,5)35(19,6)15-25(36)41/h7,18,20-30,37-38,40-44H,8-17H2,1-6H3. The van der Waals surface area contributed by atoms with Crippen molar-refractivity contribution < 1.29 is 50.0 Å². The van der Waals surface area contributed by atoms with Gasteiger partial charge in [0.15, 0.2) is 6.29 Å². The summed E-state index contributed by atoms with van der Waals surface area (Å²) in [5.41, 5.74) is -1.30. The van der Waals surface area contributed by atoms with Gasteiger partial charge >= 0.3 is 0 Å². The van der Waals surface area contributed by atoms with E-state index in [9.17, 15) is 40.5 Å². The molecule has 0 aromatic heterocycles. The highest BCUT2D eigenvalue weighted by molar-refractivity contribution is 5.64. The average molecular weight is 651 g/mol. The minimum atomic E-state index is -1.61. The first-order valence-electron chi connectivity index (χ1n) is 17.5. The summed E-state index contributed by atoms with van der Waals surface area (Å²) >= 11 is 0. The van der Waals surface area contributed by atoms with Gasteiger partial charge in [-0.3, -0.25) is 0 Å². The third-order valence-electron chi connectivity index (χ3n) is 15.2. The maximum Gasteiger partial charge on any atom is 0.187 e. The lowest BCUT2D eigenvalue weighted by Gasteiger charge is -2.72. The number of hydrogen-bond donors (Lipinski definition) is 7. The lowest BCUT2D eigenvalue weighted by Crippen LogP contribution is -2.70. The van der Waals surface area contributed by atoms with Crippen LogP contribution < -0.4 is 0 Å². The number of aliphatic hydroxyl groups is 7. The van der Waals surface area contributed by atoms with E-state index in [4.69, 9.17) is 9.47 Å². The summed E-state index contributed by atoms with van der Waals surface area (Å²) in [5.74, 6) is 0.0339. The molecule has 1 aliphatic heterocycles. The molecule has 4 saturated carbocycles. The number of hydrogen-bond acceptors (Lipinski definition) is 10. The SMILES string of the molecule is CC1(C)CCC2(C=O)C(O)CC3(C)C(=CCC4C5(C)CC(O)C(OC6OC(CO)C(O)C(O)C6O)C(C)(CO)C5CCC43C)C2C1. The molecule has 16 atom stereocenters. The summed E-state index contributed by atoms with van der Waals surface area (Å²) in [5, 5.41) is 75.8. The summed E-state index contributed by atoms with van der Waals surface area (Å²) in [6.45, 7) is 12.4. The number of ether oxygens (including phenoxy) is 2. The van der Waals surface area contributed by atoms with Crippen LogP contribution in [0.1, 0.15) is 92.9 Å². The van der Waals surface area contributed by atoms with Gasteiger partial charge < -0.3 is 50.0 Å². The maximum absolute atomic E-state index is 12.8. The molecule has 1 saturated heterocycles. The van der Waals surface area contributed by atoms with Crippen LogP contribution in [-0.2, 0) is 14.3 Å². The minimum absolute atomic E-state index is 0.0122. The van der Waals surface area contributed by atoms with Crippen LogP contribution in [0.2, 0.25) is 0 Å². The van der Waals surface area contributed by atoms with Crippen molar-refractivity contribution in [3.05, 3.63) is 11.6 Å². The fourth-order valence-electron chi connectivity index (χ4n) is 12.3. The first kappa shape index (κ1) is 34.9. The van der Waals surface area contributed by atoms with Crippen LogP contribution in [0, 0.1) is 50.2 Å². The fourth-order valence-corrected chi connectivity index (χ4v) is 12.3. The van der Waals surface area contributed by atoms with E-state index in [1.807, 2.05) is 6.92 Å². The predicted octanol–water partition coefficient (Wildman–Crippen LogP) is 2.09. The van der Waals surface area contributed by atoms with Gasteiger partial charge in [-0.25, -0.2) is 0 Å². The van der Waals surface area contributed by atoms with E-state index in [0.29, 0.717) is 19.3 Å². The van der Waals surface area contributed by atoms with Crippen molar-refractivity contribution in [2.24, 2.45) is 50.2 Å². The summed E-state index contributed by atoms with van der Waals surface area (Å²) in [4.78, 5) is 12.8. The zero-order chi connectivity index (χ0) is 33.8. The first-order chi connectivity index (χ1) is 21.4. The van der Waals surface area contributed by atoms with Crippen LogP contribution in [0.15, 0.2) is 11.6 Å². The van der Waals surface area contributed by atoms with Crippen molar-refractivity contribution in [3.8, 4) is 0 Å². The Balaban J connectivity index is 1.35. The van der Waals surface area contributed by atoms with Crippen molar-refractivity contribution in [1.29, 1.82) is 0 Å². The Kier molecular flexibility index (Phi) is 8.56. The molecule has 0 aromatic rings. The van der Waals surface area contributed by atoms with Crippen molar-refractivity contribution in [2.45, 2.75) is 142 Å². The molecule has 0 amide bonds. The lowest BCUT2D eigenvalue weighted by molar-refractivity contribution is -0.345. The molecule has 5 aliphatic carbocycles. The fraction of sp³-hybridized carbons (Fsp3) is 0.917. The summed E-state index contributed by atoms with van der Waals surface area (Å²) < 4.78 is 11.9. The van der Waals surface area contributed by atoms with Crippen LogP contribution in [0.3, 0.4) is 0 Å². The molecule has 1 heterocycles. The van der Waals surface area contributed by atoms with E-state index in [0.717, 1.165) is 38.4 Å². The Morgan fingerprint density at radius 3 is 2.22 bits per heavy atom. The zero-order valence-corrected chi connectivity index (χ0v) is 28.4. The van der Waals surface area contributed by atoms with Crippen LogP contribution in [-0.4, -0.2) is 104 Å². The van der Waals surface area contributed by atoms with Crippen LogP contribution in [0.4, 0.5) is 0 Å². The smallest absolute Gasteiger partial charge is 0.187 e. The number of aliphatic hydroxyl groups excluding tert-OH is 7. The highest BCUT2D eigenvalue weighted by Crippen LogP contribution is 2.75. The number of carbonyl (C=O) groups is 1. The van der Waals surface area contributed by atoms with E-state index < -0.39 is 71.9 Å². The van der Waals surface area contributed by atoms with Crippen LogP contribution >= 0.6 is 0 Å². The molecular formula is C36H58O10. The molecule has 5 fully saturated rings. The van der Waals surface area contributed by atoms with Gasteiger partial charge in [0, 0.05) is 5.41 Å². The Morgan fingerprint density at radius 1 is 0.891 bits per heavy atom. The second-order valence-corrected chi connectivity index (χ2v) is 17.9. The molecule has 6 aliphatic rings. The van der Waals surface area contributed by atoms with E-state index in [2.05, 4.69) is 40.7 Å². The molecule has 0 radical (unpaired) electrons. The first-order valence-corrected chi connectivity index (χ1v) is 17.5. The Labute approximate surface area is 273 Å². The molecule has 10 nitrogen and oxygen atoms in total. The van der Waals surface area contributed by atoms with Crippen molar-refractivity contribution >= 4 is 6.29 Å². The van der Waals surface area contributed by atoms with Gasteiger partial charge in [0.1, 0.15) is 30.7 Å². The van der Waals surface area contributed by atoms with Gasteiger partial charge in [-0.05, 0) is 90.8 Å². The maximum atomic E-state index is 12.8. The van der Waals surface area contributed by atoms with E-state index in [-0.39, 0.29) is 40.6 Å². The highest BCUT2D eigenvalue weighted by Gasteiger charge is 2.71.